The average molecular weight is 426 g/mol. The van der Waals surface area contributed by atoms with Crippen molar-refractivity contribution in [2.24, 2.45) is 0 Å². The van der Waals surface area contributed by atoms with Crippen LogP contribution in [-0.4, -0.2) is 29.1 Å². The summed E-state index contributed by atoms with van der Waals surface area (Å²) in [4.78, 5) is 19.4. The lowest BCUT2D eigenvalue weighted by atomic mass is 10.1. The van der Waals surface area contributed by atoms with Crippen molar-refractivity contribution in [1.29, 1.82) is 0 Å². The van der Waals surface area contributed by atoms with Gasteiger partial charge in [-0.15, -0.1) is 0 Å². The first kappa shape index (κ1) is 17.8. The topological polar surface area (TPSA) is 47.4 Å². The molecule has 1 amide bonds. The third-order valence-corrected chi connectivity index (χ3v) is 5.13. The first-order valence-electron chi connectivity index (χ1n) is 8.80. The highest BCUT2D eigenvalue weighted by atomic mass is 79.9. The van der Waals surface area contributed by atoms with Gasteiger partial charge in [-0.2, -0.15) is 0 Å². The Morgan fingerprint density at radius 1 is 1.26 bits per heavy atom. The highest BCUT2D eigenvalue weighted by Crippen LogP contribution is 2.37. The van der Waals surface area contributed by atoms with Crippen molar-refractivity contribution in [2.45, 2.75) is 18.9 Å². The molecule has 1 aliphatic rings. The number of halogens is 1. The van der Waals surface area contributed by atoms with Gasteiger partial charge in [-0.3, -0.25) is 4.79 Å². The number of methoxy groups -OCH3 is 1. The van der Waals surface area contributed by atoms with Gasteiger partial charge in [0.2, 0.25) is 5.91 Å². The number of hydrogen-bond donors (Lipinski definition) is 0. The lowest BCUT2D eigenvalue weighted by Crippen LogP contribution is -2.25. The summed E-state index contributed by atoms with van der Waals surface area (Å²) >= 11 is 3.47. The van der Waals surface area contributed by atoms with Crippen LogP contribution >= 0.6 is 15.9 Å². The predicted octanol–water partition coefficient (Wildman–Crippen LogP) is 4.47. The maximum absolute atomic E-state index is 12.8. The van der Waals surface area contributed by atoms with Crippen molar-refractivity contribution in [3.63, 3.8) is 0 Å². The number of hydrogen-bond acceptors (Lipinski definition) is 3. The van der Waals surface area contributed by atoms with Gasteiger partial charge in [0.05, 0.1) is 30.4 Å². The Morgan fingerprint density at radius 3 is 2.78 bits per heavy atom. The molecule has 1 aromatic heterocycles. The molecular weight excluding hydrogens is 406 g/mol. The molecule has 0 bridgehead atoms. The number of ether oxygens (including phenoxy) is 1. The van der Waals surface area contributed by atoms with Crippen LogP contribution in [-0.2, 0) is 11.3 Å². The summed E-state index contributed by atoms with van der Waals surface area (Å²) in [6.45, 7) is 5.18. The van der Waals surface area contributed by atoms with Crippen LogP contribution in [0.5, 0.6) is 5.75 Å². The Kier molecular flexibility index (Phi) is 4.74. The molecule has 6 heteroatoms. The summed E-state index contributed by atoms with van der Waals surface area (Å²) in [5.74, 6) is 1.72. The van der Waals surface area contributed by atoms with Crippen LogP contribution in [0.3, 0.4) is 0 Å². The minimum absolute atomic E-state index is 0.0154. The number of aromatic nitrogens is 2. The number of carbonyl (C=O) groups is 1. The molecule has 0 spiro atoms. The van der Waals surface area contributed by atoms with Crippen LogP contribution in [0.1, 0.15) is 18.2 Å². The Labute approximate surface area is 166 Å². The summed E-state index contributed by atoms with van der Waals surface area (Å²) in [6, 6.07) is 15.7. The first-order chi connectivity index (χ1) is 13.1. The van der Waals surface area contributed by atoms with Crippen molar-refractivity contribution >= 4 is 38.6 Å². The SMILES string of the molecule is C=C(Br)Cn1c([C@@H]2CC(=O)N(c3ccccc3OC)C2)nc2ccccc21. The fraction of sp³-hybridized carbons (Fsp3) is 0.238. The van der Waals surface area contributed by atoms with Gasteiger partial charge < -0.3 is 14.2 Å². The van der Waals surface area contributed by atoms with Gasteiger partial charge in [0.1, 0.15) is 11.6 Å². The largest absolute Gasteiger partial charge is 0.495 e. The molecule has 5 nitrogen and oxygen atoms in total. The molecule has 0 unspecified atom stereocenters. The number of carbonyl (C=O) groups excluding carboxylic acids is 1. The highest BCUT2D eigenvalue weighted by Gasteiger charge is 2.35. The molecule has 0 saturated carbocycles. The smallest absolute Gasteiger partial charge is 0.227 e. The number of allylic oxidation sites excluding steroid dienone is 1. The number of nitrogens with zero attached hydrogens (tertiary/aromatic N) is 3. The molecular formula is C21H20BrN3O2. The molecule has 3 aromatic rings. The Balaban J connectivity index is 1.73. The fourth-order valence-electron chi connectivity index (χ4n) is 3.71. The highest BCUT2D eigenvalue weighted by molar-refractivity contribution is 9.11. The molecule has 27 heavy (non-hydrogen) atoms. The molecule has 0 aliphatic carbocycles. The van der Waals surface area contributed by atoms with E-state index in [-0.39, 0.29) is 11.8 Å². The number of anilines is 1. The van der Waals surface area contributed by atoms with Crippen LogP contribution in [0.15, 0.2) is 59.6 Å². The predicted molar refractivity (Wildman–Crippen MR) is 111 cm³/mol. The summed E-state index contributed by atoms with van der Waals surface area (Å²) in [5, 5.41) is 0. The molecule has 1 saturated heterocycles. The van der Waals surface area contributed by atoms with E-state index in [2.05, 4.69) is 33.1 Å². The van der Waals surface area contributed by atoms with E-state index < -0.39 is 0 Å². The van der Waals surface area contributed by atoms with E-state index in [1.165, 1.54) is 0 Å². The van der Waals surface area contributed by atoms with Crippen LogP contribution in [0, 0.1) is 0 Å². The van der Waals surface area contributed by atoms with E-state index in [0.717, 1.165) is 27.0 Å². The molecule has 2 aromatic carbocycles. The summed E-state index contributed by atoms with van der Waals surface area (Å²) in [7, 11) is 1.62. The summed E-state index contributed by atoms with van der Waals surface area (Å²) < 4.78 is 8.46. The Bertz CT molecular complexity index is 1030. The number of benzene rings is 2. The summed E-state index contributed by atoms with van der Waals surface area (Å²) in [6.07, 6.45) is 0.427. The molecule has 1 fully saturated rings. The van der Waals surface area contributed by atoms with Gasteiger partial charge in [0, 0.05) is 23.4 Å². The molecule has 0 radical (unpaired) electrons. The lowest BCUT2D eigenvalue weighted by Gasteiger charge is -2.19. The lowest BCUT2D eigenvalue weighted by molar-refractivity contribution is -0.117. The molecule has 138 valence electrons. The third kappa shape index (κ3) is 3.25. The number of amides is 1. The van der Waals surface area contributed by atoms with Gasteiger partial charge in [-0.25, -0.2) is 4.98 Å². The van der Waals surface area contributed by atoms with Crippen LogP contribution in [0.2, 0.25) is 0 Å². The number of rotatable bonds is 5. The van der Waals surface area contributed by atoms with E-state index in [9.17, 15) is 4.79 Å². The van der Waals surface area contributed by atoms with Gasteiger partial charge >= 0.3 is 0 Å². The maximum atomic E-state index is 12.8. The minimum atomic E-state index is 0.0154. The van der Waals surface area contributed by atoms with Crippen molar-refractivity contribution < 1.29 is 9.53 Å². The second-order valence-corrected chi connectivity index (χ2v) is 7.76. The fourth-order valence-corrected chi connectivity index (χ4v) is 3.96. The van der Waals surface area contributed by atoms with Crippen molar-refractivity contribution in [1.82, 2.24) is 9.55 Å². The van der Waals surface area contributed by atoms with Crippen molar-refractivity contribution in [3.05, 3.63) is 65.4 Å². The minimum Gasteiger partial charge on any atom is -0.495 e. The third-order valence-electron chi connectivity index (χ3n) is 4.88. The van der Waals surface area contributed by atoms with Gasteiger partial charge in [0.25, 0.3) is 0 Å². The average Bonchev–Trinajstić information content (AvgIpc) is 3.22. The number of imidazole rings is 1. The maximum Gasteiger partial charge on any atom is 0.227 e. The zero-order valence-electron chi connectivity index (χ0n) is 15.1. The van der Waals surface area contributed by atoms with Gasteiger partial charge in [-0.05, 0) is 24.3 Å². The second kappa shape index (κ2) is 7.19. The zero-order chi connectivity index (χ0) is 19.0. The van der Waals surface area contributed by atoms with Gasteiger partial charge in [0.15, 0.2) is 0 Å². The molecule has 1 atom stereocenters. The Morgan fingerprint density at radius 2 is 2.00 bits per heavy atom. The van der Waals surface area contributed by atoms with Crippen LogP contribution in [0.4, 0.5) is 5.69 Å². The monoisotopic (exact) mass is 425 g/mol. The standard InChI is InChI=1S/C21H20BrN3O2/c1-14(22)12-25-17-8-4-3-7-16(17)23-21(25)15-11-20(26)24(13-15)18-9-5-6-10-19(18)27-2/h3-10,15H,1,11-13H2,2H3/t15-/m1/s1. The van der Waals surface area contributed by atoms with E-state index >= 15 is 0 Å². The molecule has 2 heterocycles. The van der Waals surface area contributed by atoms with E-state index in [4.69, 9.17) is 9.72 Å². The Hall–Kier alpha value is -2.60. The zero-order valence-corrected chi connectivity index (χ0v) is 16.6. The number of fused-ring (bicyclic) bond motifs is 1. The quantitative estimate of drug-likeness (QED) is 0.605. The molecule has 0 N–H and O–H groups in total. The normalized spacial score (nSPS) is 16.9. The molecule has 1 aliphatic heterocycles. The second-order valence-electron chi connectivity index (χ2n) is 6.64. The van der Waals surface area contributed by atoms with E-state index in [1.807, 2.05) is 42.5 Å². The molecule has 4 rings (SSSR count). The van der Waals surface area contributed by atoms with Crippen molar-refractivity contribution in [2.75, 3.05) is 18.6 Å². The van der Waals surface area contributed by atoms with E-state index in [1.54, 1.807) is 12.0 Å². The van der Waals surface area contributed by atoms with Crippen molar-refractivity contribution in [3.8, 4) is 5.75 Å². The van der Waals surface area contributed by atoms with Gasteiger partial charge in [-0.1, -0.05) is 46.8 Å². The van der Waals surface area contributed by atoms with E-state index in [0.29, 0.717) is 25.3 Å². The summed E-state index contributed by atoms with van der Waals surface area (Å²) in [5.41, 5.74) is 2.79. The van der Waals surface area contributed by atoms with Crippen LogP contribution < -0.4 is 9.64 Å². The van der Waals surface area contributed by atoms with Crippen LogP contribution in [0.25, 0.3) is 11.0 Å². The number of para-hydroxylation sites is 4. The first-order valence-corrected chi connectivity index (χ1v) is 9.59.